The normalized spacial score (nSPS) is 19.3. The number of halogens is 2. The Morgan fingerprint density at radius 2 is 1.96 bits per heavy atom. The Balaban J connectivity index is 2.54. The largest absolute Gasteiger partial charge is 0.494 e. The van der Waals surface area contributed by atoms with Gasteiger partial charge < -0.3 is 10.5 Å². The van der Waals surface area contributed by atoms with Gasteiger partial charge in [-0.15, -0.1) is 0 Å². The molecule has 0 radical (unpaired) electrons. The third-order valence-corrected chi connectivity index (χ3v) is 3.78. The van der Waals surface area contributed by atoms with Gasteiger partial charge in [-0.05, 0) is 58.1 Å². The van der Waals surface area contributed by atoms with Gasteiger partial charge in [0.25, 0.3) is 0 Å². The number of hydrogen-bond acceptors (Lipinski definition) is 3. The summed E-state index contributed by atoms with van der Waals surface area (Å²) in [6, 6.07) is 2.65. The molecule has 1 aliphatic rings. The van der Waals surface area contributed by atoms with E-state index in [1.807, 2.05) is 13.8 Å². The molecule has 1 aromatic rings. The van der Waals surface area contributed by atoms with Crippen molar-refractivity contribution in [3.05, 3.63) is 34.9 Å². The molecule has 1 aromatic carbocycles. The molecule has 1 saturated carbocycles. The molecule has 1 aliphatic carbocycles. The number of ether oxygens (including phenoxy) is 1. The predicted molar refractivity (Wildman–Crippen MR) is 89.7 cm³/mol. The Kier molecular flexibility index (Phi) is 5.74. The van der Waals surface area contributed by atoms with Crippen molar-refractivity contribution >= 4 is 11.4 Å². The summed E-state index contributed by atoms with van der Waals surface area (Å²) >= 11 is 0. The molecule has 126 valence electrons. The summed E-state index contributed by atoms with van der Waals surface area (Å²) in [6.07, 6.45) is 3.57. The van der Waals surface area contributed by atoms with Crippen LogP contribution in [0.5, 0.6) is 5.75 Å². The lowest BCUT2D eigenvalue weighted by molar-refractivity contribution is 0.336. The Hall–Kier alpha value is -1.91. The first kappa shape index (κ1) is 17.4. The second kappa shape index (κ2) is 7.57. The zero-order valence-electron chi connectivity index (χ0n) is 14.0. The standard InChI is InChI=1S/C18H24F2N2O/c1-4-23-12-9-14(17(20)15(19)10-12)18(21)13-7-5-6-8-16(13)22-11(2)3/h9-11H,4-8,21H2,1-3H3/b18-13-,22-16?. The summed E-state index contributed by atoms with van der Waals surface area (Å²) in [6.45, 7) is 6.15. The lowest BCUT2D eigenvalue weighted by Gasteiger charge is -2.21. The number of aliphatic imine (C=N–C) groups is 1. The molecule has 0 aliphatic heterocycles. The van der Waals surface area contributed by atoms with E-state index in [0.29, 0.717) is 6.61 Å². The zero-order valence-corrected chi connectivity index (χ0v) is 14.0. The SMILES string of the molecule is CCOc1cc(F)c(F)c(/C(N)=C2\CCCCC2=NC(C)C)c1. The summed E-state index contributed by atoms with van der Waals surface area (Å²) in [5, 5.41) is 0. The maximum atomic E-state index is 14.2. The molecular formula is C18H24F2N2O. The topological polar surface area (TPSA) is 47.6 Å². The van der Waals surface area contributed by atoms with Crippen molar-refractivity contribution in [1.82, 2.24) is 0 Å². The minimum atomic E-state index is -0.951. The monoisotopic (exact) mass is 322 g/mol. The van der Waals surface area contributed by atoms with Crippen molar-refractivity contribution in [3.63, 3.8) is 0 Å². The van der Waals surface area contributed by atoms with Gasteiger partial charge in [-0.2, -0.15) is 0 Å². The number of nitrogens with two attached hydrogens (primary N) is 1. The Labute approximate surface area is 136 Å². The molecule has 0 heterocycles. The van der Waals surface area contributed by atoms with Crippen molar-refractivity contribution in [2.24, 2.45) is 10.7 Å². The average molecular weight is 322 g/mol. The third-order valence-electron chi connectivity index (χ3n) is 3.78. The van der Waals surface area contributed by atoms with Crippen LogP contribution in [0.25, 0.3) is 5.70 Å². The van der Waals surface area contributed by atoms with Crippen molar-refractivity contribution in [2.75, 3.05) is 6.61 Å². The van der Waals surface area contributed by atoms with Crippen LogP contribution in [-0.4, -0.2) is 18.4 Å². The minimum absolute atomic E-state index is 0.0572. The molecule has 0 saturated heterocycles. The van der Waals surface area contributed by atoms with Crippen LogP contribution in [0.3, 0.4) is 0 Å². The van der Waals surface area contributed by atoms with Gasteiger partial charge in [-0.25, -0.2) is 8.78 Å². The van der Waals surface area contributed by atoms with Crippen LogP contribution in [0, 0.1) is 11.6 Å². The number of nitrogens with zero attached hydrogens (tertiary/aromatic N) is 1. The molecule has 5 heteroatoms. The highest BCUT2D eigenvalue weighted by Gasteiger charge is 2.21. The molecule has 2 N–H and O–H groups in total. The fourth-order valence-corrected chi connectivity index (χ4v) is 2.81. The second-order valence-electron chi connectivity index (χ2n) is 5.97. The van der Waals surface area contributed by atoms with E-state index in [4.69, 9.17) is 10.5 Å². The number of hydrogen-bond donors (Lipinski definition) is 1. The van der Waals surface area contributed by atoms with E-state index < -0.39 is 11.6 Å². The van der Waals surface area contributed by atoms with Gasteiger partial charge in [0.1, 0.15) is 5.75 Å². The van der Waals surface area contributed by atoms with Crippen LogP contribution in [-0.2, 0) is 0 Å². The molecular weight excluding hydrogens is 298 g/mol. The number of benzene rings is 1. The van der Waals surface area contributed by atoms with Crippen LogP contribution in [0.15, 0.2) is 22.7 Å². The maximum Gasteiger partial charge on any atom is 0.168 e. The van der Waals surface area contributed by atoms with Crippen LogP contribution in [0.1, 0.15) is 52.0 Å². The highest BCUT2D eigenvalue weighted by atomic mass is 19.2. The second-order valence-corrected chi connectivity index (χ2v) is 5.97. The first-order chi connectivity index (χ1) is 10.9. The van der Waals surface area contributed by atoms with E-state index in [2.05, 4.69) is 4.99 Å². The van der Waals surface area contributed by atoms with Crippen molar-refractivity contribution in [3.8, 4) is 5.75 Å². The molecule has 3 nitrogen and oxygen atoms in total. The summed E-state index contributed by atoms with van der Waals surface area (Å²) in [7, 11) is 0. The van der Waals surface area contributed by atoms with E-state index in [-0.39, 0.29) is 23.1 Å². The lowest BCUT2D eigenvalue weighted by atomic mass is 9.89. The zero-order chi connectivity index (χ0) is 17.0. The maximum absolute atomic E-state index is 14.2. The van der Waals surface area contributed by atoms with Crippen LogP contribution >= 0.6 is 0 Å². The Morgan fingerprint density at radius 3 is 2.61 bits per heavy atom. The molecule has 0 aromatic heterocycles. The van der Waals surface area contributed by atoms with Gasteiger partial charge in [0.05, 0.1) is 6.61 Å². The Bertz CT molecular complexity index is 636. The Morgan fingerprint density at radius 1 is 1.26 bits per heavy atom. The molecule has 0 spiro atoms. The smallest absolute Gasteiger partial charge is 0.168 e. The lowest BCUT2D eigenvalue weighted by Crippen LogP contribution is -2.17. The van der Waals surface area contributed by atoms with E-state index in [0.717, 1.165) is 43.0 Å². The summed E-state index contributed by atoms with van der Waals surface area (Å²) in [4.78, 5) is 4.61. The van der Waals surface area contributed by atoms with Gasteiger partial charge in [-0.3, -0.25) is 4.99 Å². The predicted octanol–water partition coefficient (Wildman–Crippen LogP) is 4.46. The first-order valence-electron chi connectivity index (χ1n) is 8.11. The summed E-state index contributed by atoms with van der Waals surface area (Å²) < 4.78 is 33.4. The van der Waals surface area contributed by atoms with Gasteiger partial charge >= 0.3 is 0 Å². The first-order valence-corrected chi connectivity index (χ1v) is 8.11. The van der Waals surface area contributed by atoms with E-state index in [1.165, 1.54) is 6.07 Å². The fraction of sp³-hybridized carbons (Fsp3) is 0.500. The average Bonchev–Trinajstić information content (AvgIpc) is 2.50. The van der Waals surface area contributed by atoms with E-state index in [9.17, 15) is 8.78 Å². The van der Waals surface area contributed by atoms with Crippen LogP contribution < -0.4 is 10.5 Å². The number of allylic oxidation sites excluding steroid dienone is 1. The summed E-state index contributed by atoms with van der Waals surface area (Å²) in [5.74, 6) is -1.61. The minimum Gasteiger partial charge on any atom is -0.494 e. The van der Waals surface area contributed by atoms with Gasteiger partial charge in [-0.1, -0.05) is 0 Å². The van der Waals surface area contributed by atoms with E-state index >= 15 is 0 Å². The molecule has 1 fully saturated rings. The van der Waals surface area contributed by atoms with E-state index in [1.54, 1.807) is 6.92 Å². The van der Waals surface area contributed by atoms with Gasteiger partial charge in [0.15, 0.2) is 11.6 Å². The molecule has 0 atom stereocenters. The molecule has 23 heavy (non-hydrogen) atoms. The quantitative estimate of drug-likeness (QED) is 0.890. The third kappa shape index (κ3) is 4.09. The van der Waals surface area contributed by atoms with Gasteiger partial charge in [0, 0.05) is 29.1 Å². The molecule has 2 rings (SSSR count). The van der Waals surface area contributed by atoms with Gasteiger partial charge in [0.2, 0.25) is 0 Å². The summed E-state index contributed by atoms with van der Waals surface area (Å²) in [5.41, 5.74) is 8.27. The van der Waals surface area contributed by atoms with Crippen molar-refractivity contribution < 1.29 is 13.5 Å². The van der Waals surface area contributed by atoms with Crippen molar-refractivity contribution in [2.45, 2.75) is 52.5 Å². The number of rotatable bonds is 4. The fourth-order valence-electron chi connectivity index (χ4n) is 2.81. The highest BCUT2D eigenvalue weighted by Crippen LogP contribution is 2.31. The van der Waals surface area contributed by atoms with Crippen LogP contribution in [0.2, 0.25) is 0 Å². The molecule has 0 amide bonds. The molecule has 0 bridgehead atoms. The molecule has 0 unspecified atom stereocenters. The van der Waals surface area contributed by atoms with Crippen LogP contribution in [0.4, 0.5) is 8.78 Å². The highest BCUT2D eigenvalue weighted by molar-refractivity contribution is 6.06. The van der Waals surface area contributed by atoms with Crippen molar-refractivity contribution in [1.29, 1.82) is 0 Å².